The number of carboxylic acids is 1. The van der Waals surface area contributed by atoms with E-state index >= 15 is 0 Å². The number of aromatic nitrogens is 2. The Labute approximate surface area is 144 Å². The minimum absolute atomic E-state index is 0.0134. The molecule has 8 nitrogen and oxygen atoms in total. The Balaban J connectivity index is 1.92. The van der Waals surface area contributed by atoms with Crippen molar-refractivity contribution in [1.82, 2.24) is 9.97 Å². The molecule has 0 amide bonds. The van der Waals surface area contributed by atoms with E-state index in [0.29, 0.717) is 43.1 Å². The molecule has 1 N–H and O–H groups in total. The smallest absolute Gasteiger partial charge is 0.308 e. The second-order valence-corrected chi connectivity index (χ2v) is 5.97. The number of nitrogens with zero attached hydrogens (tertiary/aromatic N) is 4. The molecule has 25 heavy (non-hydrogen) atoms. The van der Waals surface area contributed by atoms with Crippen LogP contribution in [-0.4, -0.2) is 39.1 Å². The van der Waals surface area contributed by atoms with E-state index in [4.69, 9.17) is 5.11 Å². The highest BCUT2D eigenvalue weighted by Crippen LogP contribution is 2.26. The highest BCUT2D eigenvalue weighted by molar-refractivity contribution is 5.72. The third-order valence-electron chi connectivity index (χ3n) is 4.33. The first-order valence-electron chi connectivity index (χ1n) is 8.08. The van der Waals surface area contributed by atoms with Crippen molar-refractivity contribution in [3.05, 3.63) is 46.1 Å². The molecule has 1 fully saturated rings. The van der Waals surface area contributed by atoms with Crippen molar-refractivity contribution in [3.8, 4) is 11.4 Å². The standard InChI is InChI=1S/C17H18N4O4/c1-2-13-9-15(20-8-7-12(10-20)17(22)23)19-16(18-13)11-3-5-14(6-4-11)21(24)25/h3-6,9,12H,2,7-8,10H2,1H3,(H,22,23). The molecule has 1 unspecified atom stereocenters. The zero-order chi connectivity index (χ0) is 18.0. The molecule has 1 saturated heterocycles. The van der Waals surface area contributed by atoms with Gasteiger partial charge in [0.2, 0.25) is 0 Å². The van der Waals surface area contributed by atoms with E-state index in [2.05, 4.69) is 9.97 Å². The normalized spacial score (nSPS) is 16.8. The number of non-ortho nitro benzene ring substituents is 1. The molecule has 8 heteroatoms. The van der Waals surface area contributed by atoms with Crippen molar-refractivity contribution in [2.75, 3.05) is 18.0 Å². The Morgan fingerprint density at radius 3 is 2.64 bits per heavy atom. The van der Waals surface area contributed by atoms with Gasteiger partial charge in [-0.2, -0.15) is 0 Å². The Bertz CT molecular complexity index is 807. The molecule has 0 radical (unpaired) electrons. The number of nitro benzene ring substituents is 1. The van der Waals surface area contributed by atoms with Crippen LogP contribution in [0.15, 0.2) is 30.3 Å². The van der Waals surface area contributed by atoms with Crippen LogP contribution in [0.1, 0.15) is 19.0 Å². The summed E-state index contributed by atoms with van der Waals surface area (Å²) in [4.78, 5) is 32.5. The van der Waals surface area contributed by atoms with Gasteiger partial charge in [-0.05, 0) is 25.0 Å². The first-order valence-corrected chi connectivity index (χ1v) is 8.08. The van der Waals surface area contributed by atoms with Crippen LogP contribution >= 0.6 is 0 Å². The van der Waals surface area contributed by atoms with Gasteiger partial charge in [0, 0.05) is 42.5 Å². The van der Waals surface area contributed by atoms with Gasteiger partial charge in [0.1, 0.15) is 5.82 Å². The van der Waals surface area contributed by atoms with Crippen LogP contribution < -0.4 is 4.90 Å². The van der Waals surface area contributed by atoms with E-state index in [1.807, 2.05) is 17.9 Å². The van der Waals surface area contributed by atoms with Crippen LogP contribution in [0.2, 0.25) is 0 Å². The molecule has 1 aliphatic heterocycles. The van der Waals surface area contributed by atoms with Crippen molar-refractivity contribution in [2.45, 2.75) is 19.8 Å². The average molecular weight is 342 g/mol. The van der Waals surface area contributed by atoms with Crippen molar-refractivity contribution in [1.29, 1.82) is 0 Å². The van der Waals surface area contributed by atoms with Gasteiger partial charge in [-0.3, -0.25) is 14.9 Å². The molecule has 1 aliphatic rings. The first kappa shape index (κ1) is 16.8. The molecule has 0 aliphatic carbocycles. The zero-order valence-electron chi connectivity index (χ0n) is 13.8. The number of carbonyl (C=O) groups is 1. The summed E-state index contributed by atoms with van der Waals surface area (Å²) in [5.41, 5.74) is 1.55. The van der Waals surface area contributed by atoms with Crippen LogP contribution in [0.25, 0.3) is 11.4 Å². The summed E-state index contributed by atoms with van der Waals surface area (Å²) in [6, 6.07) is 7.97. The van der Waals surface area contributed by atoms with Crippen LogP contribution in [0, 0.1) is 16.0 Å². The largest absolute Gasteiger partial charge is 0.481 e. The van der Waals surface area contributed by atoms with Crippen LogP contribution in [0.4, 0.5) is 11.5 Å². The summed E-state index contributed by atoms with van der Waals surface area (Å²) >= 11 is 0. The lowest BCUT2D eigenvalue weighted by Gasteiger charge is -2.18. The Hall–Kier alpha value is -3.03. The third-order valence-corrected chi connectivity index (χ3v) is 4.33. The SMILES string of the molecule is CCc1cc(N2CCC(C(=O)O)C2)nc(-c2ccc([N+](=O)[O-])cc2)n1. The summed E-state index contributed by atoms with van der Waals surface area (Å²) in [7, 11) is 0. The van der Waals surface area contributed by atoms with E-state index in [9.17, 15) is 14.9 Å². The number of aliphatic carboxylic acids is 1. The maximum Gasteiger partial charge on any atom is 0.308 e. The lowest BCUT2D eigenvalue weighted by atomic mass is 10.1. The summed E-state index contributed by atoms with van der Waals surface area (Å²) in [5, 5.41) is 20.0. The Kier molecular flexibility index (Phi) is 4.60. The molecule has 1 aromatic heterocycles. The molecule has 1 atom stereocenters. The van der Waals surface area contributed by atoms with Crippen molar-refractivity contribution in [2.24, 2.45) is 5.92 Å². The maximum atomic E-state index is 11.2. The third kappa shape index (κ3) is 3.57. The van der Waals surface area contributed by atoms with E-state index in [1.165, 1.54) is 12.1 Å². The highest BCUT2D eigenvalue weighted by Gasteiger charge is 2.29. The van der Waals surface area contributed by atoms with Gasteiger partial charge in [-0.15, -0.1) is 0 Å². The minimum Gasteiger partial charge on any atom is -0.481 e. The molecule has 3 rings (SSSR count). The molecular formula is C17H18N4O4. The topological polar surface area (TPSA) is 109 Å². The molecule has 2 aromatic rings. The Morgan fingerprint density at radius 1 is 1.36 bits per heavy atom. The van der Waals surface area contributed by atoms with Gasteiger partial charge in [0.05, 0.1) is 10.8 Å². The lowest BCUT2D eigenvalue weighted by Crippen LogP contribution is -2.24. The fourth-order valence-electron chi connectivity index (χ4n) is 2.86. The number of rotatable bonds is 5. The number of hydrogen-bond acceptors (Lipinski definition) is 6. The summed E-state index contributed by atoms with van der Waals surface area (Å²) in [5.74, 6) is 0.0118. The van der Waals surface area contributed by atoms with Crippen molar-refractivity contribution in [3.63, 3.8) is 0 Å². The fraction of sp³-hybridized carbons (Fsp3) is 0.353. The summed E-state index contributed by atoms with van der Waals surface area (Å²) < 4.78 is 0. The predicted molar refractivity (Wildman–Crippen MR) is 91.5 cm³/mol. The zero-order valence-corrected chi connectivity index (χ0v) is 13.8. The first-order chi connectivity index (χ1) is 12.0. The van der Waals surface area contributed by atoms with Gasteiger partial charge in [0.15, 0.2) is 5.82 Å². The summed E-state index contributed by atoms with van der Waals surface area (Å²) in [6.45, 7) is 3.04. The van der Waals surface area contributed by atoms with Gasteiger partial charge in [-0.25, -0.2) is 9.97 Å². The van der Waals surface area contributed by atoms with Gasteiger partial charge in [0.25, 0.3) is 5.69 Å². The number of carboxylic acid groups (broad SMARTS) is 1. The fourth-order valence-corrected chi connectivity index (χ4v) is 2.86. The van der Waals surface area contributed by atoms with Gasteiger partial charge >= 0.3 is 5.97 Å². The molecule has 2 heterocycles. The predicted octanol–water partition coefficient (Wildman–Crippen LogP) is 2.53. The number of benzene rings is 1. The highest BCUT2D eigenvalue weighted by atomic mass is 16.6. The van der Waals surface area contributed by atoms with Gasteiger partial charge in [-0.1, -0.05) is 6.92 Å². The van der Waals surface area contributed by atoms with E-state index in [0.717, 1.165) is 5.69 Å². The molecule has 0 spiro atoms. The average Bonchev–Trinajstić information content (AvgIpc) is 3.12. The molecule has 130 valence electrons. The van der Waals surface area contributed by atoms with Crippen molar-refractivity contribution < 1.29 is 14.8 Å². The Morgan fingerprint density at radius 2 is 2.08 bits per heavy atom. The second kappa shape index (κ2) is 6.84. The second-order valence-electron chi connectivity index (χ2n) is 5.97. The van der Waals surface area contributed by atoms with Crippen LogP contribution in [0.3, 0.4) is 0 Å². The molecule has 0 saturated carbocycles. The van der Waals surface area contributed by atoms with Crippen LogP contribution in [0.5, 0.6) is 0 Å². The number of hydrogen-bond donors (Lipinski definition) is 1. The molecular weight excluding hydrogens is 324 g/mol. The van der Waals surface area contributed by atoms with E-state index < -0.39 is 10.9 Å². The number of aryl methyl sites for hydroxylation is 1. The number of anilines is 1. The van der Waals surface area contributed by atoms with Gasteiger partial charge < -0.3 is 10.0 Å². The number of nitro groups is 1. The quantitative estimate of drug-likeness (QED) is 0.656. The maximum absolute atomic E-state index is 11.2. The minimum atomic E-state index is -0.789. The van der Waals surface area contributed by atoms with E-state index in [-0.39, 0.29) is 11.6 Å². The molecule has 0 bridgehead atoms. The lowest BCUT2D eigenvalue weighted by molar-refractivity contribution is -0.384. The monoisotopic (exact) mass is 342 g/mol. The van der Waals surface area contributed by atoms with E-state index in [1.54, 1.807) is 12.1 Å². The summed E-state index contributed by atoms with van der Waals surface area (Å²) in [6.07, 6.45) is 1.30. The van der Waals surface area contributed by atoms with Crippen LogP contribution in [-0.2, 0) is 11.2 Å². The molecule has 1 aromatic carbocycles. The van der Waals surface area contributed by atoms with Crippen molar-refractivity contribution >= 4 is 17.5 Å².